The Morgan fingerprint density at radius 3 is 2.36 bits per heavy atom. The first-order chi connectivity index (χ1) is 10.4. The molecular formula is C15H21F3N2O2. The van der Waals surface area contributed by atoms with Crippen molar-refractivity contribution in [3.05, 3.63) is 18.2 Å². The van der Waals surface area contributed by atoms with Crippen LogP contribution in [0.2, 0.25) is 0 Å². The van der Waals surface area contributed by atoms with Gasteiger partial charge in [0, 0.05) is 36.5 Å². The number of methoxy groups -OCH3 is 2. The standard InChI is InChI=1S/C15H21F3N2O2/c1-21-13-6-12(7-14(8-13)22-2)19-11-4-3-5-20(9-11)10-15(16,17)18/h6-8,11,19H,3-5,9-10H2,1-2H3/t11-/m1/s1. The third-order valence-electron chi connectivity index (χ3n) is 3.63. The van der Waals surface area contributed by atoms with Crippen LogP contribution in [-0.4, -0.2) is 51.0 Å². The molecule has 0 saturated carbocycles. The lowest BCUT2D eigenvalue weighted by atomic mass is 10.1. The molecule has 1 aromatic carbocycles. The monoisotopic (exact) mass is 318 g/mol. The van der Waals surface area contributed by atoms with E-state index in [0.717, 1.165) is 18.5 Å². The lowest BCUT2D eigenvalue weighted by Gasteiger charge is -2.34. The van der Waals surface area contributed by atoms with Crippen molar-refractivity contribution in [2.24, 2.45) is 0 Å². The van der Waals surface area contributed by atoms with E-state index in [9.17, 15) is 13.2 Å². The number of nitrogens with one attached hydrogen (secondary N) is 1. The van der Waals surface area contributed by atoms with Crippen LogP contribution in [0.3, 0.4) is 0 Å². The van der Waals surface area contributed by atoms with Crippen molar-refractivity contribution >= 4 is 5.69 Å². The molecule has 0 aliphatic carbocycles. The second-order valence-corrected chi connectivity index (χ2v) is 5.44. The van der Waals surface area contributed by atoms with Gasteiger partial charge in [-0.3, -0.25) is 4.90 Å². The van der Waals surface area contributed by atoms with Gasteiger partial charge in [-0.15, -0.1) is 0 Å². The SMILES string of the molecule is COc1cc(N[C@@H]2CCCN(CC(F)(F)F)C2)cc(OC)c1. The van der Waals surface area contributed by atoms with Crippen molar-refractivity contribution in [1.29, 1.82) is 0 Å². The molecule has 2 rings (SSSR count). The van der Waals surface area contributed by atoms with E-state index in [2.05, 4.69) is 5.32 Å². The Kier molecular flexibility index (Phi) is 5.39. The zero-order valence-electron chi connectivity index (χ0n) is 12.7. The summed E-state index contributed by atoms with van der Waals surface area (Å²) in [7, 11) is 3.12. The summed E-state index contributed by atoms with van der Waals surface area (Å²) in [5.74, 6) is 1.29. The van der Waals surface area contributed by atoms with Crippen LogP contribution in [0.15, 0.2) is 18.2 Å². The molecule has 1 atom stereocenters. The Bertz CT molecular complexity index is 472. The average molecular weight is 318 g/mol. The highest BCUT2D eigenvalue weighted by molar-refractivity contribution is 5.54. The van der Waals surface area contributed by atoms with Gasteiger partial charge in [-0.05, 0) is 19.4 Å². The quantitative estimate of drug-likeness (QED) is 0.904. The first-order valence-corrected chi connectivity index (χ1v) is 7.18. The van der Waals surface area contributed by atoms with Crippen LogP contribution in [0, 0.1) is 0 Å². The zero-order valence-corrected chi connectivity index (χ0v) is 12.7. The second kappa shape index (κ2) is 7.09. The van der Waals surface area contributed by atoms with Crippen LogP contribution >= 0.6 is 0 Å². The van der Waals surface area contributed by atoms with Crippen molar-refractivity contribution in [2.75, 3.05) is 39.2 Å². The third-order valence-corrected chi connectivity index (χ3v) is 3.63. The van der Waals surface area contributed by atoms with Gasteiger partial charge >= 0.3 is 6.18 Å². The number of alkyl halides is 3. The molecule has 0 unspecified atom stereocenters. The molecule has 0 bridgehead atoms. The molecule has 1 aromatic rings. The Morgan fingerprint density at radius 2 is 1.82 bits per heavy atom. The van der Waals surface area contributed by atoms with Gasteiger partial charge in [-0.2, -0.15) is 13.2 Å². The number of likely N-dealkylation sites (tertiary alicyclic amines) is 1. The maximum absolute atomic E-state index is 12.5. The molecule has 0 radical (unpaired) electrons. The number of hydrogen-bond acceptors (Lipinski definition) is 4. The van der Waals surface area contributed by atoms with E-state index in [1.807, 2.05) is 12.1 Å². The summed E-state index contributed by atoms with van der Waals surface area (Å²) in [6, 6.07) is 5.35. The van der Waals surface area contributed by atoms with Crippen LogP contribution < -0.4 is 14.8 Å². The molecular weight excluding hydrogens is 297 g/mol. The minimum atomic E-state index is -4.15. The van der Waals surface area contributed by atoms with E-state index in [1.165, 1.54) is 4.90 Å². The summed E-state index contributed by atoms with van der Waals surface area (Å²) in [6.45, 7) is 0.00473. The van der Waals surface area contributed by atoms with E-state index >= 15 is 0 Å². The van der Waals surface area contributed by atoms with Crippen molar-refractivity contribution in [3.8, 4) is 11.5 Å². The fraction of sp³-hybridized carbons (Fsp3) is 0.600. The summed E-state index contributed by atoms with van der Waals surface area (Å²) < 4.78 is 47.9. The Hall–Kier alpha value is -1.63. The van der Waals surface area contributed by atoms with Crippen molar-refractivity contribution in [3.63, 3.8) is 0 Å². The fourth-order valence-electron chi connectivity index (χ4n) is 2.70. The molecule has 4 nitrogen and oxygen atoms in total. The highest BCUT2D eigenvalue weighted by atomic mass is 19.4. The van der Waals surface area contributed by atoms with E-state index in [4.69, 9.17) is 9.47 Å². The van der Waals surface area contributed by atoms with Crippen LogP contribution in [0.1, 0.15) is 12.8 Å². The number of nitrogens with zero attached hydrogens (tertiary/aromatic N) is 1. The number of benzene rings is 1. The summed E-state index contributed by atoms with van der Waals surface area (Å²) in [6.07, 6.45) is -2.57. The van der Waals surface area contributed by atoms with Crippen molar-refractivity contribution in [2.45, 2.75) is 25.1 Å². The number of halogens is 3. The van der Waals surface area contributed by atoms with Crippen molar-refractivity contribution in [1.82, 2.24) is 4.90 Å². The first kappa shape index (κ1) is 16.7. The molecule has 1 fully saturated rings. The highest BCUT2D eigenvalue weighted by Crippen LogP contribution is 2.27. The van der Waals surface area contributed by atoms with E-state index in [-0.39, 0.29) is 6.04 Å². The number of hydrogen-bond donors (Lipinski definition) is 1. The molecule has 1 aliphatic rings. The second-order valence-electron chi connectivity index (χ2n) is 5.44. The van der Waals surface area contributed by atoms with Crippen molar-refractivity contribution < 1.29 is 22.6 Å². The van der Waals surface area contributed by atoms with Gasteiger partial charge in [0.1, 0.15) is 11.5 Å². The molecule has 1 aliphatic heterocycles. The van der Waals surface area contributed by atoms with E-state index < -0.39 is 12.7 Å². The van der Waals surface area contributed by atoms with Gasteiger partial charge < -0.3 is 14.8 Å². The molecule has 1 heterocycles. The zero-order chi connectivity index (χ0) is 16.2. The average Bonchev–Trinajstić information content (AvgIpc) is 2.45. The number of anilines is 1. The molecule has 1 N–H and O–H groups in total. The van der Waals surface area contributed by atoms with Crippen LogP contribution in [-0.2, 0) is 0 Å². The smallest absolute Gasteiger partial charge is 0.401 e. The Labute approximate surface area is 128 Å². The summed E-state index contributed by atoms with van der Waals surface area (Å²) in [4.78, 5) is 1.44. The van der Waals surface area contributed by atoms with Gasteiger partial charge in [0.05, 0.1) is 20.8 Å². The molecule has 1 saturated heterocycles. The molecule has 0 amide bonds. The predicted molar refractivity (Wildman–Crippen MR) is 78.7 cm³/mol. The fourth-order valence-corrected chi connectivity index (χ4v) is 2.70. The van der Waals surface area contributed by atoms with Gasteiger partial charge in [0.2, 0.25) is 0 Å². The largest absolute Gasteiger partial charge is 0.497 e. The third kappa shape index (κ3) is 4.98. The lowest BCUT2D eigenvalue weighted by molar-refractivity contribution is -0.147. The number of rotatable bonds is 5. The topological polar surface area (TPSA) is 33.7 Å². The predicted octanol–water partition coefficient (Wildman–Crippen LogP) is 3.14. The van der Waals surface area contributed by atoms with Crippen LogP contribution in [0.5, 0.6) is 11.5 Å². The van der Waals surface area contributed by atoms with Gasteiger partial charge in [-0.1, -0.05) is 0 Å². The summed E-state index contributed by atoms with van der Waals surface area (Å²) in [5.41, 5.74) is 0.787. The van der Waals surface area contributed by atoms with Gasteiger partial charge in [0.15, 0.2) is 0 Å². The van der Waals surface area contributed by atoms with Gasteiger partial charge in [0.25, 0.3) is 0 Å². The maximum Gasteiger partial charge on any atom is 0.401 e. The Morgan fingerprint density at radius 1 is 1.18 bits per heavy atom. The first-order valence-electron chi connectivity index (χ1n) is 7.18. The summed E-state index contributed by atoms with van der Waals surface area (Å²) in [5, 5.41) is 3.28. The Balaban J connectivity index is 2.00. The molecule has 0 aromatic heterocycles. The molecule has 124 valence electrons. The lowest BCUT2D eigenvalue weighted by Crippen LogP contribution is -2.45. The number of ether oxygens (including phenoxy) is 2. The minimum absolute atomic E-state index is 0.0205. The number of piperidine rings is 1. The normalized spacial score (nSPS) is 19.8. The van der Waals surface area contributed by atoms with Gasteiger partial charge in [-0.25, -0.2) is 0 Å². The molecule has 0 spiro atoms. The molecule has 22 heavy (non-hydrogen) atoms. The molecule has 7 heteroatoms. The van der Waals surface area contributed by atoms with E-state index in [1.54, 1.807) is 20.3 Å². The minimum Gasteiger partial charge on any atom is -0.497 e. The van der Waals surface area contributed by atoms with E-state index in [0.29, 0.717) is 24.6 Å². The van der Waals surface area contributed by atoms with Crippen LogP contribution in [0.25, 0.3) is 0 Å². The highest BCUT2D eigenvalue weighted by Gasteiger charge is 2.33. The summed E-state index contributed by atoms with van der Waals surface area (Å²) >= 11 is 0. The van der Waals surface area contributed by atoms with Crippen LogP contribution in [0.4, 0.5) is 18.9 Å². The maximum atomic E-state index is 12.5.